The normalized spacial score (nSPS) is 12.1. The van der Waals surface area contributed by atoms with Crippen LogP contribution in [0, 0.1) is 0 Å². The standard InChI is InChI=1S/C53H30N4O2.C53H30N4S2/c2*1-3-11-37-31(9-1)19-25-43-49(37)50-38-12-4-2-10-32(38)20-26-44(50)57(43)36-23-17-33(18-24-36)51-54-52(34-21-27-47-41(29-34)39-13-5-7-15-45(39)58-47)56-53(55-51)35-22-28-48-42(30-35)40-14-6-8-16-46(40)59-48/h2*1-30H. The van der Waals surface area contributed by atoms with Gasteiger partial charge in [0, 0.05) is 128 Å². The van der Waals surface area contributed by atoms with Gasteiger partial charge in [-0.05, 0) is 213 Å². The molecule has 0 bridgehead atoms. The summed E-state index contributed by atoms with van der Waals surface area (Å²) in [7, 11) is 0. The molecule has 18 aromatic carbocycles. The monoisotopic (exact) mass is 1540 g/mol. The van der Waals surface area contributed by atoms with Gasteiger partial charge in [0.15, 0.2) is 34.9 Å². The zero-order chi connectivity index (χ0) is 77.2. The summed E-state index contributed by atoms with van der Waals surface area (Å²) in [6, 6.07) is 129. The fraction of sp³-hybridized carbons (Fsp3) is 0. The third-order valence-electron chi connectivity index (χ3n) is 23.7. The fourth-order valence-electron chi connectivity index (χ4n) is 18.2. The van der Waals surface area contributed by atoms with Crippen LogP contribution in [0.4, 0.5) is 0 Å². The third kappa shape index (κ3) is 10.5. The Balaban J connectivity index is 0.000000131. The molecule has 0 aliphatic rings. The van der Waals surface area contributed by atoms with E-state index >= 15 is 0 Å². The Morgan fingerprint density at radius 1 is 0.186 bits per heavy atom. The zero-order valence-corrected chi connectivity index (χ0v) is 64.5. The molecule has 8 aromatic heterocycles. The van der Waals surface area contributed by atoms with Gasteiger partial charge in [-0.1, -0.05) is 194 Å². The Morgan fingerprint density at radius 2 is 0.441 bits per heavy atom. The summed E-state index contributed by atoms with van der Waals surface area (Å²) >= 11 is 3.63. The van der Waals surface area contributed by atoms with E-state index in [-0.39, 0.29) is 0 Å². The van der Waals surface area contributed by atoms with E-state index < -0.39 is 0 Å². The minimum Gasteiger partial charge on any atom is -0.456 e. The molecule has 118 heavy (non-hydrogen) atoms. The highest BCUT2D eigenvalue weighted by Gasteiger charge is 2.24. The Labute approximate surface area is 680 Å². The number of hydrogen-bond acceptors (Lipinski definition) is 10. The summed E-state index contributed by atoms with van der Waals surface area (Å²) in [5.41, 5.74) is 15.7. The Hall–Kier alpha value is -15.3. The fourth-order valence-corrected chi connectivity index (χ4v) is 20.3. The van der Waals surface area contributed by atoms with Gasteiger partial charge in [0.05, 0.1) is 22.1 Å². The van der Waals surface area contributed by atoms with Gasteiger partial charge in [-0.2, -0.15) is 0 Å². The molecule has 0 saturated carbocycles. The number of fused-ring (bicyclic) bond motifs is 26. The molecule has 0 spiro atoms. The average molecular weight is 1540 g/mol. The summed E-state index contributed by atoms with van der Waals surface area (Å²) in [5.74, 6) is 3.70. The maximum absolute atomic E-state index is 6.17. The SMILES string of the molecule is c1ccc2c(c1)ccc1c2c2c3ccccc3ccc2n1-c1ccc(-c2nc(-c3ccc4oc5ccccc5c4c3)nc(-c3ccc4oc5ccccc5c4c3)n2)cc1.c1ccc2c(c1)ccc1c2c2c3ccccc3ccc2n1-c1ccc(-c2nc(-c3ccc4sc5ccccc5c4c3)nc(-c3ccc4sc5ccccc5c4c3)n2)cc1. The lowest BCUT2D eigenvalue weighted by Crippen LogP contribution is -2.00. The van der Waals surface area contributed by atoms with E-state index in [0.29, 0.717) is 34.9 Å². The molecule has 0 N–H and O–H groups in total. The van der Waals surface area contributed by atoms with Crippen LogP contribution < -0.4 is 0 Å². The largest absolute Gasteiger partial charge is 0.456 e. The number of hydrogen-bond donors (Lipinski definition) is 0. The van der Waals surface area contributed by atoms with Crippen LogP contribution in [-0.2, 0) is 0 Å². The first-order valence-corrected chi connectivity index (χ1v) is 41.1. The van der Waals surface area contributed by atoms with Crippen LogP contribution in [0.15, 0.2) is 373 Å². The number of aromatic nitrogens is 8. The number of rotatable bonds is 8. The molecule has 12 heteroatoms. The maximum Gasteiger partial charge on any atom is 0.164 e. The lowest BCUT2D eigenvalue weighted by Gasteiger charge is -2.11. The molecule has 0 atom stereocenters. The van der Waals surface area contributed by atoms with E-state index in [1.54, 1.807) is 0 Å². The van der Waals surface area contributed by atoms with Gasteiger partial charge < -0.3 is 18.0 Å². The highest BCUT2D eigenvalue weighted by Crippen LogP contribution is 2.46. The number of benzene rings is 18. The molecule has 10 nitrogen and oxygen atoms in total. The smallest absolute Gasteiger partial charge is 0.164 e. The van der Waals surface area contributed by atoms with Gasteiger partial charge in [0.1, 0.15) is 22.3 Å². The van der Waals surface area contributed by atoms with Gasteiger partial charge in [-0.15, -0.1) is 22.7 Å². The molecule has 0 amide bonds. The summed E-state index contributed by atoms with van der Waals surface area (Å²) in [5, 5.41) is 24.1. The second kappa shape index (κ2) is 26.1. The van der Waals surface area contributed by atoms with Crippen LogP contribution in [-0.4, -0.2) is 39.0 Å². The molecular formula is C106H60N8O2S2. The molecule has 0 radical (unpaired) electrons. The van der Waals surface area contributed by atoms with Crippen LogP contribution >= 0.6 is 22.7 Å². The molecule has 8 heterocycles. The van der Waals surface area contributed by atoms with Crippen LogP contribution in [0.1, 0.15) is 0 Å². The Bertz CT molecular complexity index is 7770. The van der Waals surface area contributed by atoms with E-state index in [9.17, 15) is 0 Å². The Morgan fingerprint density at radius 3 is 0.788 bits per heavy atom. The first-order chi connectivity index (χ1) is 58.4. The van der Waals surface area contributed by atoms with Gasteiger partial charge in [-0.3, -0.25) is 0 Å². The summed E-state index contributed by atoms with van der Waals surface area (Å²) in [4.78, 5) is 31.1. The van der Waals surface area contributed by atoms with Crippen molar-refractivity contribution in [3.63, 3.8) is 0 Å². The van der Waals surface area contributed by atoms with Gasteiger partial charge >= 0.3 is 0 Å². The number of thiophene rings is 2. The second-order valence-corrected chi connectivity index (χ2v) is 32.5. The lowest BCUT2D eigenvalue weighted by atomic mass is 10.00. The van der Waals surface area contributed by atoms with Crippen LogP contribution in [0.25, 0.3) is 251 Å². The number of para-hydroxylation sites is 2. The van der Waals surface area contributed by atoms with E-state index in [2.05, 4.69) is 312 Å². The van der Waals surface area contributed by atoms with Gasteiger partial charge in [0.25, 0.3) is 0 Å². The predicted molar refractivity (Wildman–Crippen MR) is 491 cm³/mol. The quantitative estimate of drug-likeness (QED) is 0.148. The van der Waals surface area contributed by atoms with E-state index in [1.807, 2.05) is 83.3 Å². The maximum atomic E-state index is 6.17. The van der Waals surface area contributed by atoms with Crippen molar-refractivity contribution >= 4 is 194 Å². The zero-order valence-electron chi connectivity index (χ0n) is 62.9. The van der Waals surface area contributed by atoms with Crippen molar-refractivity contribution in [2.75, 3.05) is 0 Å². The van der Waals surface area contributed by atoms with Crippen molar-refractivity contribution in [1.82, 2.24) is 39.0 Å². The van der Waals surface area contributed by atoms with E-state index in [1.165, 1.54) is 116 Å². The van der Waals surface area contributed by atoms with Gasteiger partial charge in [0.2, 0.25) is 0 Å². The highest BCUT2D eigenvalue weighted by molar-refractivity contribution is 7.26. The molecular weight excluding hydrogens is 1480 g/mol. The number of nitrogens with zero attached hydrogens (tertiary/aromatic N) is 8. The molecule has 26 aromatic rings. The van der Waals surface area contributed by atoms with Crippen molar-refractivity contribution in [2.24, 2.45) is 0 Å². The minimum absolute atomic E-state index is 0.583. The first kappa shape index (κ1) is 66.1. The van der Waals surface area contributed by atoms with Crippen molar-refractivity contribution in [3.8, 4) is 79.7 Å². The van der Waals surface area contributed by atoms with Crippen molar-refractivity contribution in [2.45, 2.75) is 0 Å². The van der Waals surface area contributed by atoms with Crippen LogP contribution in [0.3, 0.4) is 0 Å². The van der Waals surface area contributed by atoms with Crippen LogP contribution in [0.2, 0.25) is 0 Å². The molecule has 26 rings (SSSR count). The molecule has 0 aliphatic heterocycles. The van der Waals surface area contributed by atoms with Crippen molar-refractivity contribution < 1.29 is 8.83 Å². The molecule has 548 valence electrons. The van der Waals surface area contributed by atoms with Crippen LogP contribution in [0.5, 0.6) is 0 Å². The lowest BCUT2D eigenvalue weighted by molar-refractivity contribution is 0.668. The third-order valence-corrected chi connectivity index (χ3v) is 26.0. The Kier molecular flexibility index (Phi) is 14.6. The second-order valence-electron chi connectivity index (χ2n) is 30.3. The highest BCUT2D eigenvalue weighted by atomic mass is 32.1. The van der Waals surface area contributed by atoms with E-state index in [4.69, 9.17) is 38.7 Å². The van der Waals surface area contributed by atoms with Crippen molar-refractivity contribution in [1.29, 1.82) is 0 Å². The summed E-state index contributed by atoms with van der Waals surface area (Å²) in [6.07, 6.45) is 0. The summed E-state index contributed by atoms with van der Waals surface area (Å²) < 4.78 is 22.2. The first-order valence-electron chi connectivity index (χ1n) is 39.5. The summed E-state index contributed by atoms with van der Waals surface area (Å²) in [6.45, 7) is 0. The molecule has 0 fully saturated rings. The molecule has 0 saturated heterocycles. The minimum atomic E-state index is 0.583. The van der Waals surface area contributed by atoms with Gasteiger partial charge in [-0.25, -0.2) is 29.9 Å². The number of furan rings is 2. The molecule has 0 aliphatic carbocycles. The van der Waals surface area contributed by atoms with E-state index in [0.717, 1.165) is 99.7 Å². The predicted octanol–water partition coefficient (Wildman–Crippen LogP) is 29.1. The topological polar surface area (TPSA) is 113 Å². The molecule has 0 unspecified atom stereocenters. The van der Waals surface area contributed by atoms with Crippen molar-refractivity contribution in [3.05, 3.63) is 364 Å². The average Bonchev–Trinajstić information content (AvgIpc) is 1.56.